The van der Waals surface area contributed by atoms with Crippen molar-refractivity contribution in [2.45, 2.75) is 26.9 Å². The fourth-order valence-corrected chi connectivity index (χ4v) is 0.408. The van der Waals surface area contributed by atoms with Crippen molar-refractivity contribution in [3.05, 3.63) is 12.2 Å². The summed E-state index contributed by atoms with van der Waals surface area (Å²) in [4.78, 5) is 10.5. The minimum absolute atomic E-state index is 0.0197. The normalized spacial score (nSPS) is 9.27. The summed E-state index contributed by atoms with van der Waals surface area (Å²) >= 11 is 0. The molecule has 0 rings (SSSR count). The summed E-state index contributed by atoms with van der Waals surface area (Å²) in [5.74, 6) is -0.271. The van der Waals surface area contributed by atoms with E-state index in [1.54, 1.807) is 13.0 Å². The quantitative estimate of drug-likeness (QED) is 0.484. The van der Waals surface area contributed by atoms with Crippen molar-refractivity contribution in [1.29, 1.82) is 0 Å². The van der Waals surface area contributed by atoms with Crippen molar-refractivity contribution < 1.29 is 9.53 Å². The smallest absolute Gasteiger partial charge is 0.330 e. The van der Waals surface area contributed by atoms with Gasteiger partial charge in [-0.15, -0.1) is 0 Å². The van der Waals surface area contributed by atoms with Gasteiger partial charge in [-0.1, -0.05) is 6.08 Å². The Morgan fingerprint density at radius 2 is 1.91 bits per heavy atom. The Hall–Kier alpha value is -0.830. The van der Waals surface area contributed by atoms with E-state index in [-0.39, 0.29) is 12.1 Å². The molecule has 0 saturated heterocycles. The monoisotopic (exact) mass is 159 g/mol. The number of carbonyl (C=O) groups excluding carboxylic acids is 1. The Morgan fingerprint density at radius 3 is 2.18 bits per heavy atom. The Bertz CT molecular complexity index is 119. The number of nitrogens with two attached hydrogens (primary N) is 1. The first-order valence-corrected chi connectivity index (χ1v) is 3.58. The molecule has 2 N–H and O–H groups in total. The molecule has 0 fully saturated rings. The number of allylic oxidation sites excluding steroid dienone is 1. The molecule has 0 aliphatic carbocycles. The molecule has 0 aromatic rings. The highest BCUT2D eigenvalue weighted by molar-refractivity contribution is 5.81. The zero-order valence-corrected chi connectivity index (χ0v) is 7.63. The van der Waals surface area contributed by atoms with E-state index in [9.17, 15) is 4.79 Å². The van der Waals surface area contributed by atoms with Gasteiger partial charge in [0.2, 0.25) is 0 Å². The van der Waals surface area contributed by atoms with Gasteiger partial charge in [0.15, 0.2) is 0 Å². The number of rotatable bonds is 2. The number of esters is 1. The SMILES string of the molecule is CC=CC(=O)OC(C)C.CN. The van der Waals surface area contributed by atoms with E-state index < -0.39 is 0 Å². The van der Waals surface area contributed by atoms with Gasteiger partial charge in [0, 0.05) is 6.08 Å². The predicted molar refractivity (Wildman–Crippen MR) is 46.2 cm³/mol. The molecule has 0 bridgehead atoms. The molecule has 11 heavy (non-hydrogen) atoms. The lowest BCUT2D eigenvalue weighted by Gasteiger charge is -2.02. The van der Waals surface area contributed by atoms with Crippen LogP contribution in [0.15, 0.2) is 12.2 Å². The molecule has 0 radical (unpaired) electrons. The number of carbonyl (C=O) groups is 1. The van der Waals surface area contributed by atoms with Gasteiger partial charge in [-0.05, 0) is 27.8 Å². The van der Waals surface area contributed by atoms with Crippen molar-refractivity contribution in [1.82, 2.24) is 0 Å². The van der Waals surface area contributed by atoms with Gasteiger partial charge in [0.05, 0.1) is 6.10 Å². The molecule has 0 amide bonds. The first kappa shape index (κ1) is 12.8. The van der Waals surface area contributed by atoms with Crippen LogP contribution >= 0.6 is 0 Å². The highest BCUT2D eigenvalue weighted by Gasteiger charge is 1.97. The van der Waals surface area contributed by atoms with E-state index >= 15 is 0 Å². The van der Waals surface area contributed by atoms with Crippen molar-refractivity contribution in [2.24, 2.45) is 5.73 Å². The van der Waals surface area contributed by atoms with Crippen LogP contribution in [-0.2, 0) is 9.53 Å². The van der Waals surface area contributed by atoms with Gasteiger partial charge in [-0.25, -0.2) is 4.79 Å². The first-order valence-electron chi connectivity index (χ1n) is 3.58. The minimum atomic E-state index is -0.271. The van der Waals surface area contributed by atoms with E-state index in [0.29, 0.717) is 0 Å². The lowest BCUT2D eigenvalue weighted by atomic mass is 10.4. The summed E-state index contributed by atoms with van der Waals surface area (Å²) in [6, 6.07) is 0. The third-order valence-electron chi connectivity index (χ3n) is 0.655. The van der Waals surface area contributed by atoms with Gasteiger partial charge < -0.3 is 10.5 Å². The second kappa shape index (κ2) is 9.17. The topological polar surface area (TPSA) is 52.3 Å². The van der Waals surface area contributed by atoms with Crippen molar-refractivity contribution >= 4 is 5.97 Å². The van der Waals surface area contributed by atoms with Crippen LogP contribution in [0.4, 0.5) is 0 Å². The minimum Gasteiger partial charge on any atom is -0.460 e. The maximum absolute atomic E-state index is 10.5. The van der Waals surface area contributed by atoms with E-state index in [0.717, 1.165) is 0 Å². The third kappa shape index (κ3) is 12.4. The highest BCUT2D eigenvalue weighted by Crippen LogP contribution is 1.89. The van der Waals surface area contributed by atoms with Gasteiger partial charge in [-0.3, -0.25) is 0 Å². The lowest BCUT2D eigenvalue weighted by molar-refractivity contribution is -0.141. The van der Waals surface area contributed by atoms with Gasteiger partial charge in [0.25, 0.3) is 0 Å². The largest absolute Gasteiger partial charge is 0.460 e. The molecule has 0 heterocycles. The van der Waals surface area contributed by atoms with E-state index in [1.165, 1.54) is 13.1 Å². The zero-order chi connectivity index (χ0) is 9.28. The molecule has 0 spiro atoms. The van der Waals surface area contributed by atoms with Crippen LogP contribution in [0.2, 0.25) is 0 Å². The molecular formula is C8H17NO2. The second-order valence-corrected chi connectivity index (χ2v) is 1.99. The average Bonchev–Trinajstić information content (AvgIpc) is 1.91. The van der Waals surface area contributed by atoms with E-state index in [1.807, 2.05) is 13.8 Å². The van der Waals surface area contributed by atoms with Gasteiger partial charge in [0.1, 0.15) is 0 Å². The van der Waals surface area contributed by atoms with Crippen molar-refractivity contribution in [3.8, 4) is 0 Å². The average molecular weight is 159 g/mol. The third-order valence-corrected chi connectivity index (χ3v) is 0.655. The van der Waals surface area contributed by atoms with Crippen LogP contribution in [-0.4, -0.2) is 19.1 Å². The van der Waals surface area contributed by atoms with Crippen LogP contribution in [0.3, 0.4) is 0 Å². The molecule has 0 unspecified atom stereocenters. The molecule has 0 saturated carbocycles. The van der Waals surface area contributed by atoms with E-state index in [2.05, 4.69) is 5.73 Å². The lowest BCUT2D eigenvalue weighted by Crippen LogP contribution is -2.07. The Labute approximate surface area is 68.2 Å². The van der Waals surface area contributed by atoms with Gasteiger partial charge >= 0.3 is 5.97 Å². The molecule has 0 aliphatic heterocycles. The number of ether oxygens (including phenoxy) is 1. The molecule has 3 nitrogen and oxygen atoms in total. The molecule has 0 aliphatic rings. The molecule has 3 heteroatoms. The molecule has 0 atom stereocenters. The van der Waals surface area contributed by atoms with E-state index in [4.69, 9.17) is 4.74 Å². The summed E-state index contributed by atoms with van der Waals surface area (Å²) in [6.07, 6.45) is 3.04. The summed E-state index contributed by atoms with van der Waals surface area (Å²) in [5.41, 5.74) is 4.50. The van der Waals surface area contributed by atoms with Crippen LogP contribution in [0, 0.1) is 0 Å². The summed E-state index contributed by atoms with van der Waals surface area (Å²) in [5, 5.41) is 0. The predicted octanol–water partition coefficient (Wildman–Crippen LogP) is 1.09. The molecule has 66 valence electrons. The first-order chi connectivity index (χ1) is 5.16. The fourth-order valence-electron chi connectivity index (χ4n) is 0.408. The summed E-state index contributed by atoms with van der Waals surface area (Å²) < 4.78 is 4.76. The molecule has 0 aromatic carbocycles. The standard InChI is InChI=1S/C7H12O2.CH5N/c1-4-5-7(8)9-6(2)3;1-2/h4-6H,1-3H3;2H2,1H3. The fraction of sp³-hybridized carbons (Fsp3) is 0.625. The highest BCUT2D eigenvalue weighted by atomic mass is 16.5. The number of hydrogen-bond donors (Lipinski definition) is 1. The second-order valence-electron chi connectivity index (χ2n) is 1.99. The van der Waals surface area contributed by atoms with Gasteiger partial charge in [-0.2, -0.15) is 0 Å². The zero-order valence-electron chi connectivity index (χ0n) is 7.63. The molecular weight excluding hydrogens is 142 g/mol. The van der Waals surface area contributed by atoms with Crippen LogP contribution in [0.5, 0.6) is 0 Å². The summed E-state index contributed by atoms with van der Waals surface area (Å²) in [7, 11) is 1.50. The maximum atomic E-state index is 10.5. The van der Waals surface area contributed by atoms with Crippen molar-refractivity contribution in [3.63, 3.8) is 0 Å². The number of hydrogen-bond acceptors (Lipinski definition) is 3. The Balaban J connectivity index is 0. The van der Waals surface area contributed by atoms with Crippen LogP contribution < -0.4 is 5.73 Å². The van der Waals surface area contributed by atoms with Crippen LogP contribution in [0.1, 0.15) is 20.8 Å². The summed E-state index contributed by atoms with van der Waals surface area (Å²) in [6.45, 7) is 5.42. The van der Waals surface area contributed by atoms with Crippen molar-refractivity contribution in [2.75, 3.05) is 7.05 Å². The maximum Gasteiger partial charge on any atom is 0.330 e. The Morgan fingerprint density at radius 1 is 1.45 bits per heavy atom. The Kier molecular flexibility index (Phi) is 10.7. The van der Waals surface area contributed by atoms with Crippen LogP contribution in [0.25, 0.3) is 0 Å². The molecule has 0 aromatic heterocycles.